The van der Waals surface area contributed by atoms with Crippen LogP contribution >= 0.6 is 0 Å². The first kappa shape index (κ1) is 17.5. The van der Waals surface area contributed by atoms with Crippen molar-refractivity contribution in [2.45, 2.75) is 0 Å². The number of fused-ring (bicyclic) bond motifs is 3. The van der Waals surface area contributed by atoms with Gasteiger partial charge < -0.3 is 18.9 Å². The van der Waals surface area contributed by atoms with E-state index in [0.29, 0.717) is 33.0 Å². The molecule has 0 N–H and O–H groups in total. The Hall–Kier alpha value is -3.28. The molecule has 0 heterocycles. The molecule has 0 radical (unpaired) electrons. The lowest BCUT2D eigenvalue weighted by atomic mass is 9.90. The van der Waals surface area contributed by atoms with Crippen LogP contribution < -0.4 is 9.47 Å². The lowest BCUT2D eigenvalue weighted by molar-refractivity contribution is 0.0559. The van der Waals surface area contributed by atoms with E-state index in [0.717, 1.165) is 0 Å². The minimum absolute atomic E-state index is 0.104. The van der Waals surface area contributed by atoms with Gasteiger partial charge in [0.25, 0.3) is 0 Å². The van der Waals surface area contributed by atoms with Gasteiger partial charge >= 0.3 is 11.9 Å². The fourth-order valence-corrected chi connectivity index (χ4v) is 3.23. The number of carbonyl (C=O) groups is 2. The fraction of sp³-hybridized carbons (Fsp3) is 0.200. The topological polar surface area (TPSA) is 71.1 Å². The molecule has 0 aliphatic carbocycles. The van der Waals surface area contributed by atoms with Gasteiger partial charge in [-0.2, -0.15) is 0 Å². The maximum Gasteiger partial charge on any atom is 0.339 e. The molecular formula is C20H18O6. The first-order valence-electron chi connectivity index (χ1n) is 7.85. The zero-order valence-electron chi connectivity index (χ0n) is 14.9. The number of ether oxygens (including phenoxy) is 4. The van der Waals surface area contributed by atoms with Gasteiger partial charge in [0.2, 0.25) is 0 Å². The Kier molecular flexibility index (Phi) is 4.67. The van der Waals surface area contributed by atoms with E-state index in [4.69, 9.17) is 18.9 Å². The number of hydrogen-bond donors (Lipinski definition) is 0. The molecule has 0 bridgehead atoms. The Labute approximate surface area is 150 Å². The standard InChI is InChI=1S/C20H18O6/c1-23-13-9-6-8-12-15(13)11-7-5-10-14(24-2)16(11)18(20(22)26-4)17(12)19(21)25-3/h5-10H,1-4H3. The largest absolute Gasteiger partial charge is 0.496 e. The Morgan fingerprint density at radius 2 is 1.15 bits per heavy atom. The molecule has 0 atom stereocenters. The normalized spacial score (nSPS) is 10.6. The van der Waals surface area contributed by atoms with Crippen LogP contribution in [0.4, 0.5) is 0 Å². The van der Waals surface area contributed by atoms with Crippen molar-refractivity contribution >= 4 is 33.5 Å². The number of rotatable bonds is 4. The van der Waals surface area contributed by atoms with E-state index in [2.05, 4.69) is 0 Å². The van der Waals surface area contributed by atoms with Crippen molar-refractivity contribution < 1.29 is 28.5 Å². The number of hydrogen-bond acceptors (Lipinski definition) is 6. The van der Waals surface area contributed by atoms with Crippen molar-refractivity contribution in [3.05, 3.63) is 47.5 Å². The number of esters is 2. The fourth-order valence-electron chi connectivity index (χ4n) is 3.23. The molecule has 0 spiro atoms. The summed E-state index contributed by atoms with van der Waals surface area (Å²) < 4.78 is 20.8. The summed E-state index contributed by atoms with van der Waals surface area (Å²) in [4.78, 5) is 25.2. The van der Waals surface area contributed by atoms with Crippen LogP contribution in [0.25, 0.3) is 21.5 Å². The summed E-state index contributed by atoms with van der Waals surface area (Å²) in [5, 5.41) is 2.42. The van der Waals surface area contributed by atoms with Gasteiger partial charge in [-0.1, -0.05) is 24.3 Å². The minimum Gasteiger partial charge on any atom is -0.496 e. The maximum atomic E-state index is 12.6. The molecule has 3 rings (SSSR count). The van der Waals surface area contributed by atoms with Gasteiger partial charge in [0, 0.05) is 16.2 Å². The lowest BCUT2D eigenvalue weighted by Crippen LogP contribution is -2.14. The summed E-state index contributed by atoms with van der Waals surface area (Å²) in [6.07, 6.45) is 0. The number of benzene rings is 3. The van der Waals surface area contributed by atoms with Crippen LogP contribution in [0.5, 0.6) is 11.5 Å². The van der Waals surface area contributed by atoms with Crippen molar-refractivity contribution in [1.29, 1.82) is 0 Å². The van der Waals surface area contributed by atoms with Gasteiger partial charge in [-0.05, 0) is 17.5 Å². The molecule has 3 aromatic carbocycles. The highest BCUT2D eigenvalue weighted by atomic mass is 16.5. The van der Waals surface area contributed by atoms with Gasteiger partial charge in [0.1, 0.15) is 11.5 Å². The third kappa shape index (κ3) is 2.50. The first-order chi connectivity index (χ1) is 12.6. The van der Waals surface area contributed by atoms with E-state index in [9.17, 15) is 9.59 Å². The molecule has 0 amide bonds. The highest BCUT2D eigenvalue weighted by molar-refractivity contribution is 6.27. The molecule has 0 unspecified atom stereocenters. The van der Waals surface area contributed by atoms with E-state index < -0.39 is 11.9 Å². The molecule has 0 aliphatic heterocycles. The van der Waals surface area contributed by atoms with Gasteiger partial charge in [-0.15, -0.1) is 0 Å². The molecule has 0 aliphatic rings. The first-order valence-corrected chi connectivity index (χ1v) is 7.85. The summed E-state index contributed by atoms with van der Waals surface area (Å²) >= 11 is 0. The molecule has 26 heavy (non-hydrogen) atoms. The van der Waals surface area contributed by atoms with Crippen molar-refractivity contribution in [3.63, 3.8) is 0 Å². The van der Waals surface area contributed by atoms with Crippen LogP contribution in [-0.4, -0.2) is 40.4 Å². The van der Waals surface area contributed by atoms with Crippen molar-refractivity contribution in [2.24, 2.45) is 0 Å². The predicted molar refractivity (Wildman–Crippen MR) is 97.2 cm³/mol. The van der Waals surface area contributed by atoms with Crippen LogP contribution in [0.3, 0.4) is 0 Å². The van der Waals surface area contributed by atoms with Crippen molar-refractivity contribution in [2.75, 3.05) is 28.4 Å². The van der Waals surface area contributed by atoms with E-state index in [1.165, 1.54) is 21.3 Å². The predicted octanol–water partition coefficient (Wildman–Crippen LogP) is 3.58. The summed E-state index contributed by atoms with van der Waals surface area (Å²) in [6.45, 7) is 0. The van der Waals surface area contributed by atoms with E-state index >= 15 is 0 Å². The van der Waals surface area contributed by atoms with Gasteiger partial charge in [0.15, 0.2) is 0 Å². The Morgan fingerprint density at radius 1 is 0.654 bits per heavy atom. The maximum absolute atomic E-state index is 12.6. The second-order valence-corrected chi connectivity index (χ2v) is 5.50. The van der Waals surface area contributed by atoms with Crippen LogP contribution in [-0.2, 0) is 9.47 Å². The smallest absolute Gasteiger partial charge is 0.339 e. The van der Waals surface area contributed by atoms with Gasteiger partial charge in [-0.3, -0.25) is 0 Å². The lowest BCUT2D eigenvalue weighted by Gasteiger charge is -2.18. The quantitative estimate of drug-likeness (QED) is 0.527. The van der Waals surface area contributed by atoms with Crippen molar-refractivity contribution in [3.8, 4) is 11.5 Å². The van der Waals surface area contributed by atoms with E-state index in [1.807, 2.05) is 12.1 Å². The molecule has 3 aromatic rings. The third-order valence-corrected chi connectivity index (χ3v) is 4.31. The molecular weight excluding hydrogens is 336 g/mol. The zero-order valence-corrected chi connectivity index (χ0v) is 14.9. The monoisotopic (exact) mass is 354 g/mol. The Bertz CT molecular complexity index is 1020. The summed E-state index contributed by atoms with van der Waals surface area (Å²) in [5.41, 5.74) is 0.220. The second kappa shape index (κ2) is 6.92. The molecule has 134 valence electrons. The molecule has 6 nitrogen and oxygen atoms in total. The molecule has 6 heteroatoms. The van der Waals surface area contributed by atoms with E-state index in [-0.39, 0.29) is 11.1 Å². The Morgan fingerprint density at radius 3 is 1.69 bits per heavy atom. The molecule has 0 fully saturated rings. The Balaban J connectivity index is 2.71. The summed E-state index contributed by atoms with van der Waals surface area (Å²) in [7, 11) is 5.58. The zero-order chi connectivity index (χ0) is 18.8. The molecule has 0 saturated carbocycles. The van der Waals surface area contributed by atoms with Crippen LogP contribution in [0.15, 0.2) is 36.4 Å². The number of methoxy groups -OCH3 is 4. The third-order valence-electron chi connectivity index (χ3n) is 4.31. The van der Waals surface area contributed by atoms with Crippen LogP contribution in [0, 0.1) is 0 Å². The minimum atomic E-state index is -0.649. The average molecular weight is 354 g/mol. The second-order valence-electron chi connectivity index (χ2n) is 5.50. The van der Waals surface area contributed by atoms with Crippen LogP contribution in [0.1, 0.15) is 20.7 Å². The summed E-state index contributed by atoms with van der Waals surface area (Å²) in [6, 6.07) is 10.7. The highest BCUT2D eigenvalue weighted by Crippen LogP contribution is 2.42. The van der Waals surface area contributed by atoms with Crippen LogP contribution in [0.2, 0.25) is 0 Å². The molecule has 0 saturated heterocycles. The average Bonchev–Trinajstić information content (AvgIpc) is 2.70. The highest BCUT2D eigenvalue weighted by Gasteiger charge is 2.28. The van der Waals surface area contributed by atoms with Gasteiger partial charge in [0.05, 0.1) is 39.6 Å². The number of carbonyl (C=O) groups excluding carboxylic acids is 2. The SMILES string of the molecule is COC(=O)c1c(C(=O)OC)c2c(OC)cccc2c2c(OC)cccc12. The molecule has 0 aromatic heterocycles. The van der Waals surface area contributed by atoms with Crippen molar-refractivity contribution in [1.82, 2.24) is 0 Å². The van der Waals surface area contributed by atoms with Gasteiger partial charge in [-0.25, -0.2) is 9.59 Å². The van der Waals surface area contributed by atoms with E-state index in [1.54, 1.807) is 31.4 Å². The summed E-state index contributed by atoms with van der Waals surface area (Å²) in [5.74, 6) is -0.274.